The van der Waals surface area contributed by atoms with Gasteiger partial charge in [-0.3, -0.25) is 0 Å². The monoisotopic (exact) mass is 181 g/mol. The Kier molecular flexibility index (Phi) is 3.64. The van der Waals surface area contributed by atoms with E-state index in [0.29, 0.717) is 12.6 Å². The zero-order chi connectivity index (χ0) is 9.68. The van der Waals surface area contributed by atoms with Crippen molar-refractivity contribution in [1.29, 1.82) is 0 Å². The van der Waals surface area contributed by atoms with Crippen LogP contribution in [0.2, 0.25) is 0 Å². The van der Waals surface area contributed by atoms with Gasteiger partial charge in [0.1, 0.15) is 0 Å². The zero-order valence-corrected chi connectivity index (χ0v) is 8.03. The summed E-state index contributed by atoms with van der Waals surface area (Å²) in [6.45, 7) is 4.44. The molecular formula is C9H15N3O. The highest BCUT2D eigenvalue weighted by Gasteiger charge is 2.01. The van der Waals surface area contributed by atoms with Gasteiger partial charge in [0.25, 0.3) is 0 Å². The number of nitrogens with two attached hydrogens (primary N) is 1. The minimum atomic E-state index is 0.115. The van der Waals surface area contributed by atoms with Gasteiger partial charge in [-0.2, -0.15) is 0 Å². The van der Waals surface area contributed by atoms with Crippen molar-refractivity contribution in [1.82, 2.24) is 9.97 Å². The van der Waals surface area contributed by atoms with Crippen LogP contribution >= 0.6 is 0 Å². The summed E-state index contributed by atoms with van der Waals surface area (Å²) in [7, 11) is 0. The quantitative estimate of drug-likeness (QED) is 0.745. The first-order valence-electron chi connectivity index (χ1n) is 4.42. The van der Waals surface area contributed by atoms with Crippen molar-refractivity contribution in [3.05, 3.63) is 18.0 Å². The third kappa shape index (κ3) is 3.38. The summed E-state index contributed by atoms with van der Waals surface area (Å²) < 4.78 is 5.17. The van der Waals surface area contributed by atoms with Gasteiger partial charge in [-0.15, -0.1) is 0 Å². The van der Waals surface area contributed by atoms with Crippen molar-refractivity contribution in [3.63, 3.8) is 0 Å². The third-order valence-corrected chi connectivity index (χ3v) is 1.50. The summed E-state index contributed by atoms with van der Waals surface area (Å²) in [5, 5.41) is 0. The van der Waals surface area contributed by atoms with Crippen LogP contribution in [-0.4, -0.2) is 22.6 Å². The Morgan fingerprint density at radius 2 is 2.38 bits per heavy atom. The highest BCUT2D eigenvalue weighted by molar-refractivity contribution is 5.06. The molecule has 0 aliphatic carbocycles. The lowest BCUT2D eigenvalue weighted by molar-refractivity contribution is 0.311. The fourth-order valence-electron chi connectivity index (χ4n) is 1.02. The van der Waals surface area contributed by atoms with E-state index in [1.165, 1.54) is 0 Å². The molecule has 4 nitrogen and oxygen atoms in total. The number of aromatic nitrogens is 2. The van der Waals surface area contributed by atoms with Crippen LogP contribution in [-0.2, 0) is 6.42 Å². The maximum atomic E-state index is 5.65. The molecule has 0 aliphatic heterocycles. The predicted molar refractivity (Wildman–Crippen MR) is 50.6 cm³/mol. The molecule has 0 aromatic carbocycles. The van der Waals surface area contributed by atoms with E-state index in [9.17, 15) is 0 Å². The number of hydrogen-bond donors (Lipinski definition) is 1. The Morgan fingerprint density at radius 3 is 3.00 bits per heavy atom. The van der Waals surface area contributed by atoms with Gasteiger partial charge in [0, 0.05) is 24.4 Å². The highest BCUT2D eigenvalue weighted by Crippen LogP contribution is 2.04. The Labute approximate surface area is 78.1 Å². The van der Waals surface area contributed by atoms with Crippen LogP contribution in [0.25, 0.3) is 0 Å². The lowest BCUT2D eigenvalue weighted by Gasteiger charge is -2.05. The molecular weight excluding hydrogens is 166 g/mol. The van der Waals surface area contributed by atoms with Gasteiger partial charge in [-0.05, 0) is 19.9 Å². The van der Waals surface area contributed by atoms with Crippen LogP contribution in [0.4, 0.5) is 0 Å². The normalized spacial score (nSPS) is 12.5. The van der Waals surface area contributed by atoms with E-state index in [4.69, 9.17) is 10.5 Å². The summed E-state index contributed by atoms with van der Waals surface area (Å²) in [6, 6.07) is 2.40. The van der Waals surface area contributed by atoms with Crippen molar-refractivity contribution in [3.8, 4) is 6.01 Å². The molecule has 2 N–H and O–H groups in total. The fourth-order valence-corrected chi connectivity index (χ4v) is 1.02. The molecule has 0 aliphatic rings. The van der Waals surface area contributed by atoms with Crippen LogP contribution in [0.5, 0.6) is 6.01 Å². The topological polar surface area (TPSA) is 61.0 Å². The van der Waals surface area contributed by atoms with E-state index >= 15 is 0 Å². The van der Waals surface area contributed by atoms with E-state index < -0.39 is 0 Å². The van der Waals surface area contributed by atoms with Crippen molar-refractivity contribution in [2.45, 2.75) is 26.3 Å². The average Bonchev–Trinajstić information content (AvgIpc) is 2.04. The van der Waals surface area contributed by atoms with Gasteiger partial charge in [0.2, 0.25) is 0 Å². The molecule has 0 fully saturated rings. The molecule has 72 valence electrons. The molecule has 1 atom stereocenters. The van der Waals surface area contributed by atoms with Crippen LogP contribution in [0, 0.1) is 0 Å². The minimum Gasteiger partial charge on any atom is -0.464 e. The Balaban J connectivity index is 2.67. The molecule has 0 spiro atoms. The molecule has 4 heteroatoms. The largest absolute Gasteiger partial charge is 0.464 e. The highest BCUT2D eigenvalue weighted by atomic mass is 16.5. The number of rotatable bonds is 4. The number of nitrogens with zero attached hydrogens (tertiary/aromatic N) is 2. The fraction of sp³-hybridized carbons (Fsp3) is 0.556. The number of hydrogen-bond acceptors (Lipinski definition) is 4. The first-order valence-corrected chi connectivity index (χ1v) is 4.42. The average molecular weight is 181 g/mol. The lowest BCUT2D eigenvalue weighted by atomic mass is 10.2. The van der Waals surface area contributed by atoms with E-state index in [0.717, 1.165) is 12.1 Å². The Hall–Kier alpha value is -1.16. The Bertz CT molecular complexity index is 263. The van der Waals surface area contributed by atoms with Crippen molar-refractivity contribution in [2.75, 3.05) is 6.61 Å². The van der Waals surface area contributed by atoms with Gasteiger partial charge in [-0.1, -0.05) is 0 Å². The minimum absolute atomic E-state index is 0.115. The van der Waals surface area contributed by atoms with Crippen LogP contribution in [0.1, 0.15) is 19.5 Å². The van der Waals surface area contributed by atoms with Gasteiger partial charge in [-0.25, -0.2) is 9.97 Å². The zero-order valence-electron chi connectivity index (χ0n) is 8.03. The molecule has 1 aromatic heterocycles. The molecule has 13 heavy (non-hydrogen) atoms. The maximum Gasteiger partial charge on any atom is 0.316 e. The summed E-state index contributed by atoms with van der Waals surface area (Å²) in [5.41, 5.74) is 6.57. The molecule has 1 heterocycles. The SMILES string of the molecule is CCOc1nccc(CC(C)N)n1. The maximum absolute atomic E-state index is 5.65. The number of ether oxygens (including phenoxy) is 1. The molecule has 1 unspecified atom stereocenters. The first kappa shape index (κ1) is 9.92. The Morgan fingerprint density at radius 1 is 1.62 bits per heavy atom. The summed E-state index contributed by atoms with van der Waals surface area (Å²) in [5.74, 6) is 0. The van der Waals surface area contributed by atoms with E-state index in [2.05, 4.69) is 9.97 Å². The van der Waals surface area contributed by atoms with Crippen molar-refractivity contribution in [2.24, 2.45) is 5.73 Å². The smallest absolute Gasteiger partial charge is 0.316 e. The molecule has 1 aromatic rings. The lowest BCUT2D eigenvalue weighted by Crippen LogP contribution is -2.18. The van der Waals surface area contributed by atoms with Gasteiger partial charge in [0.15, 0.2) is 0 Å². The van der Waals surface area contributed by atoms with Crippen LogP contribution < -0.4 is 10.5 Å². The van der Waals surface area contributed by atoms with Crippen LogP contribution in [0.15, 0.2) is 12.3 Å². The predicted octanol–water partition coefficient (Wildman–Crippen LogP) is 0.765. The summed E-state index contributed by atoms with van der Waals surface area (Å²) in [4.78, 5) is 8.15. The summed E-state index contributed by atoms with van der Waals surface area (Å²) >= 11 is 0. The van der Waals surface area contributed by atoms with Crippen molar-refractivity contribution >= 4 is 0 Å². The standard InChI is InChI=1S/C9H15N3O/c1-3-13-9-11-5-4-8(12-9)6-7(2)10/h4-5,7H,3,6,10H2,1-2H3. The van der Waals surface area contributed by atoms with Gasteiger partial charge in [0.05, 0.1) is 6.61 Å². The molecule has 0 saturated carbocycles. The molecule has 0 bridgehead atoms. The van der Waals surface area contributed by atoms with Gasteiger partial charge < -0.3 is 10.5 Å². The second kappa shape index (κ2) is 4.77. The van der Waals surface area contributed by atoms with E-state index in [1.807, 2.05) is 19.9 Å². The second-order valence-corrected chi connectivity index (χ2v) is 2.94. The first-order chi connectivity index (χ1) is 6.22. The molecule has 0 radical (unpaired) electrons. The van der Waals surface area contributed by atoms with Crippen LogP contribution in [0.3, 0.4) is 0 Å². The van der Waals surface area contributed by atoms with Gasteiger partial charge >= 0.3 is 6.01 Å². The molecule has 0 saturated heterocycles. The summed E-state index contributed by atoms with van der Waals surface area (Å²) in [6.07, 6.45) is 2.44. The van der Waals surface area contributed by atoms with E-state index in [-0.39, 0.29) is 6.04 Å². The van der Waals surface area contributed by atoms with Crippen molar-refractivity contribution < 1.29 is 4.74 Å². The van der Waals surface area contributed by atoms with E-state index in [1.54, 1.807) is 6.20 Å². The molecule has 1 rings (SSSR count). The second-order valence-electron chi connectivity index (χ2n) is 2.94. The molecule has 0 amide bonds. The third-order valence-electron chi connectivity index (χ3n) is 1.50.